The van der Waals surface area contributed by atoms with Gasteiger partial charge in [0.1, 0.15) is 0 Å². The van der Waals surface area contributed by atoms with Gasteiger partial charge in [-0.15, -0.1) is 0 Å². The molecule has 8 atom stereocenters. The second kappa shape index (κ2) is 2.97. The van der Waals surface area contributed by atoms with Gasteiger partial charge < -0.3 is 18.9 Å². The number of rotatable bonds is 0. The van der Waals surface area contributed by atoms with Gasteiger partial charge in [0.2, 0.25) is 0 Å². The molecule has 2 heterocycles. The quantitative estimate of drug-likeness (QED) is 0.642. The van der Waals surface area contributed by atoms with Gasteiger partial charge in [-0.3, -0.25) is 0 Å². The van der Waals surface area contributed by atoms with E-state index in [4.69, 9.17) is 18.9 Å². The molecule has 4 nitrogen and oxygen atoms in total. The molecule has 4 heteroatoms. The number of hydrogen-bond donors (Lipinski definition) is 0. The highest BCUT2D eigenvalue weighted by molar-refractivity contribution is 5.55. The summed E-state index contributed by atoms with van der Waals surface area (Å²) in [6.07, 6.45) is 1.18. The van der Waals surface area contributed by atoms with Crippen LogP contribution >= 0.6 is 0 Å². The molecule has 0 spiro atoms. The molecule has 0 aromatic carbocycles. The third kappa shape index (κ3) is 0.968. The summed E-state index contributed by atoms with van der Waals surface area (Å²) in [6.45, 7) is 8.24. The maximum atomic E-state index is 6.29. The highest BCUT2D eigenvalue weighted by Crippen LogP contribution is 2.82. The molecular formula is C18H22O4. The number of hydrogen-bond acceptors (Lipinski definition) is 4. The van der Waals surface area contributed by atoms with Gasteiger partial charge in [-0.2, -0.15) is 0 Å². The average Bonchev–Trinajstić information content (AvgIpc) is 3.12. The minimum atomic E-state index is -0.411. The van der Waals surface area contributed by atoms with Gasteiger partial charge in [0, 0.05) is 23.7 Å². The van der Waals surface area contributed by atoms with E-state index < -0.39 is 11.6 Å². The molecule has 0 N–H and O–H groups in total. The van der Waals surface area contributed by atoms with Crippen LogP contribution in [0.3, 0.4) is 0 Å². The summed E-state index contributed by atoms with van der Waals surface area (Å²) in [6, 6.07) is 0. The smallest absolute Gasteiger partial charge is 0.163 e. The van der Waals surface area contributed by atoms with Crippen LogP contribution in [0, 0.1) is 35.5 Å². The molecule has 2 aliphatic heterocycles. The Labute approximate surface area is 130 Å². The number of fused-ring (bicyclic) bond motifs is 2. The Balaban J connectivity index is 1.35. The molecule has 0 aromatic heterocycles. The first kappa shape index (κ1) is 12.0. The van der Waals surface area contributed by atoms with Gasteiger partial charge in [0.15, 0.2) is 11.6 Å². The predicted molar refractivity (Wildman–Crippen MR) is 75.6 cm³/mol. The first-order chi connectivity index (χ1) is 10.4. The van der Waals surface area contributed by atoms with E-state index in [1.807, 2.05) is 0 Å². The lowest BCUT2D eigenvalue weighted by Gasteiger charge is -2.33. The molecule has 8 bridgehead atoms. The Hall–Kier alpha value is -0.420. The van der Waals surface area contributed by atoms with Crippen molar-refractivity contribution in [2.45, 2.75) is 63.7 Å². The lowest BCUT2D eigenvalue weighted by Crippen LogP contribution is -2.40. The van der Waals surface area contributed by atoms with E-state index >= 15 is 0 Å². The highest BCUT2D eigenvalue weighted by atomic mass is 16.8. The molecule has 0 amide bonds. The van der Waals surface area contributed by atoms with Crippen LogP contribution in [0.15, 0.2) is 11.1 Å². The van der Waals surface area contributed by atoms with E-state index in [2.05, 4.69) is 27.7 Å². The summed E-state index contributed by atoms with van der Waals surface area (Å²) >= 11 is 0. The predicted octanol–water partition coefficient (Wildman–Crippen LogP) is 2.09. The van der Waals surface area contributed by atoms with Crippen LogP contribution in [0.2, 0.25) is 0 Å². The fourth-order valence-corrected chi connectivity index (χ4v) is 7.78. The monoisotopic (exact) mass is 302 g/mol. The molecule has 8 aliphatic rings. The van der Waals surface area contributed by atoms with Crippen LogP contribution in [0.25, 0.3) is 0 Å². The van der Waals surface area contributed by atoms with Crippen molar-refractivity contribution >= 4 is 0 Å². The van der Waals surface area contributed by atoms with E-state index in [-0.39, 0.29) is 0 Å². The van der Waals surface area contributed by atoms with Crippen LogP contribution in [0.1, 0.15) is 27.7 Å². The summed E-state index contributed by atoms with van der Waals surface area (Å²) in [5.74, 6) is 3.16. The third-order valence-corrected chi connectivity index (χ3v) is 7.62. The summed E-state index contributed by atoms with van der Waals surface area (Å²) in [5, 5.41) is 0. The topological polar surface area (TPSA) is 36.9 Å². The minimum Gasteiger partial charge on any atom is -0.344 e. The lowest BCUT2D eigenvalue weighted by molar-refractivity contribution is -0.163. The normalized spacial score (nSPS) is 66.0. The zero-order valence-electron chi connectivity index (χ0n) is 13.4. The largest absolute Gasteiger partial charge is 0.344 e. The van der Waals surface area contributed by atoms with Crippen molar-refractivity contribution in [2.24, 2.45) is 35.5 Å². The summed E-state index contributed by atoms with van der Waals surface area (Å²) in [7, 11) is 0. The van der Waals surface area contributed by atoms with Crippen LogP contribution in [-0.4, -0.2) is 36.0 Å². The van der Waals surface area contributed by atoms with Crippen molar-refractivity contribution in [2.75, 3.05) is 0 Å². The zero-order valence-corrected chi connectivity index (χ0v) is 13.4. The van der Waals surface area contributed by atoms with Crippen molar-refractivity contribution in [3.63, 3.8) is 0 Å². The second-order valence-electron chi connectivity index (χ2n) is 9.30. The fraction of sp³-hybridized carbons (Fsp3) is 0.889. The van der Waals surface area contributed by atoms with E-state index in [9.17, 15) is 0 Å². The van der Waals surface area contributed by atoms with E-state index in [0.717, 1.165) is 11.8 Å². The molecule has 118 valence electrons. The van der Waals surface area contributed by atoms with Crippen molar-refractivity contribution in [3.05, 3.63) is 11.1 Å². The van der Waals surface area contributed by atoms with Crippen LogP contribution < -0.4 is 0 Å². The molecule has 6 fully saturated rings. The van der Waals surface area contributed by atoms with Crippen LogP contribution in [0.4, 0.5) is 0 Å². The molecule has 4 saturated carbocycles. The Kier molecular flexibility index (Phi) is 1.62. The van der Waals surface area contributed by atoms with Gasteiger partial charge in [0.25, 0.3) is 0 Å². The van der Waals surface area contributed by atoms with Crippen LogP contribution in [-0.2, 0) is 18.9 Å². The Bertz CT molecular complexity index is 560. The number of ether oxygens (including phenoxy) is 4. The van der Waals surface area contributed by atoms with Gasteiger partial charge in [0.05, 0.1) is 24.4 Å². The molecule has 0 radical (unpaired) electrons. The molecule has 2 saturated heterocycles. The zero-order chi connectivity index (χ0) is 14.8. The van der Waals surface area contributed by atoms with Crippen molar-refractivity contribution < 1.29 is 18.9 Å². The maximum Gasteiger partial charge on any atom is 0.163 e. The van der Waals surface area contributed by atoms with Gasteiger partial charge in [-0.05, 0) is 39.5 Å². The minimum absolute atomic E-state index is 0.295. The summed E-state index contributed by atoms with van der Waals surface area (Å²) in [5.41, 5.74) is 3.44. The third-order valence-electron chi connectivity index (χ3n) is 7.62. The van der Waals surface area contributed by atoms with E-state index in [1.165, 1.54) is 0 Å². The lowest BCUT2D eigenvalue weighted by atomic mass is 9.78. The first-order valence-corrected chi connectivity index (χ1v) is 8.83. The van der Waals surface area contributed by atoms with Gasteiger partial charge in [-0.25, -0.2) is 0 Å². The Morgan fingerprint density at radius 2 is 0.818 bits per heavy atom. The molecule has 6 aliphatic carbocycles. The average molecular weight is 302 g/mol. The fourth-order valence-electron chi connectivity index (χ4n) is 7.78. The van der Waals surface area contributed by atoms with Crippen LogP contribution in [0.5, 0.6) is 0 Å². The molecule has 8 unspecified atom stereocenters. The molecule has 0 aromatic rings. The second-order valence-corrected chi connectivity index (χ2v) is 9.30. The molecule has 22 heavy (non-hydrogen) atoms. The summed E-state index contributed by atoms with van der Waals surface area (Å²) in [4.78, 5) is 0. The van der Waals surface area contributed by atoms with Crippen molar-refractivity contribution in [3.8, 4) is 0 Å². The van der Waals surface area contributed by atoms with E-state index in [1.54, 1.807) is 11.1 Å². The van der Waals surface area contributed by atoms with Crippen molar-refractivity contribution in [1.29, 1.82) is 0 Å². The van der Waals surface area contributed by atoms with Crippen molar-refractivity contribution in [1.82, 2.24) is 0 Å². The maximum absolute atomic E-state index is 6.29. The summed E-state index contributed by atoms with van der Waals surface area (Å²) < 4.78 is 25.2. The molecule has 8 rings (SSSR count). The van der Waals surface area contributed by atoms with E-state index in [0.29, 0.717) is 48.1 Å². The van der Waals surface area contributed by atoms with Gasteiger partial charge in [-0.1, -0.05) is 11.1 Å². The molecular weight excluding hydrogens is 280 g/mol. The standard InChI is InChI=1S/C18H22O4/c1-17(2)19-13-9-5-6-11-7(9)8(10(5)14(13)20-17)12(6)16-15(11)21-18(3,4)22-16/h5-6,9-16H,1-4H3. The Morgan fingerprint density at radius 1 is 0.545 bits per heavy atom. The highest BCUT2D eigenvalue weighted by Gasteiger charge is 2.83. The van der Waals surface area contributed by atoms with Gasteiger partial charge >= 0.3 is 0 Å². The SMILES string of the molecule is CC1(C)OC2C(O1)C1C3=C4C2C1C1C4C2OC(C)(C)OC2C31. The first-order valence-electron chi connectivity index (χ1n) is 8.83. The Morgan fingerprint density at radius 3 is 1.09 bits per heavy atom.